The van der Waals surface area contributed by atoms with Crippen LogP contribution < -0.4 is 15.8 Å². The Balaban J connectivity index is 1.17. The molecule has 2 aliphatic rings. The number of aromatic nitrogens is 1. The van der Waals surface area contributed by atoms with E-state index in [1.165, 1.54) is 12.1 Å². The third-order valence-corrected chi connectivity index (χ3v) is 8.58. The Bertz CT molecular complexity index is 1460. The molecule has 2 heterocycles. The number of nitrogens with one attached hydrogen (secondary N) is 2. The van der Waals surface area contributed by atoms with E-state index in [0.29, 0.717) is 60.5 Å². The Morgan fingerprint density at radius 1 is 0.950 bits per heavy atom. The summed E-state index contributed by atoms with van der Waals surface area (Å²) in [5.74, 6) is 0.580. The van der Waals surface area contributed by atoms with Gasteiger partial charge in [-0.05, 0) is 61.8 Å². The van der Waals surface area contributed by atoms with E-state index >= 15 is 0 Å². The van der Waals surface area contributed by atoms with Gasteiger partial charge in [-0.1, -0.05) is 30.3 Å². The maximum absolute atomic E-state index is 13.3. The molecule has 4 N–H and O–H groups in total. The maximum Gasteiger partial charge on any atom is 0.407 e. The molecule has 10 nitrogen and oxygen atoms in total. The van der Waals surface area contributed by atoms with Crippen LogP contribution in [0.2, 0.25) is 0 Å². The molecule has 1 aromatic heterocycles. The van der Waals surface area contributed by atoms with Crippen LogP contribution in [-0.2, 0) is 19.5 Å². The summed E-state index contributed by atoms with van der Waals surface area (Å²) in [4.78, 5) is 30.1. The predicted molar refractivity (Wildman–Crippen MR) is 150 cm³/mol. The molecule has 1 aliphatic carbocycles. The number of pyridine rings is 1. The molecule has 2 aromatic carbocycles. The fraction of sp³-hybridized carbons (Fsp3) is 0.414. The van der Waals surface area contributed by atoms with Gasteiger partial charge in [-0.15, -0.1) is 0 Å². The molecule has 1 aliphatic heterocycles. The molecule has 5 rings (SSSR count). The van der Waals surface area contributed by atoms with Gasteiger partial charge in [0.2, 0.25) is 10.0 Å². The number of nitrogens with two attached hydrogens (primary N) is 1. The van der Waals surface area contributed by atoms with Gasteiger partial charge in [0.25, 0.3) is 5.91 Å². The van der Waals surface area contributed by atoms with Crippen LogP contribution in [0.15, 0.2) is 59.5 Å². The summed E-state index contributed by atoms with van der Waals surface area (Å²) in [6.07, 6.45) is 4.11. The average molecular weight is 567 g/mol. The number of carbonyl (C=O) groups is 2. The molecule has 2 amide bonds. The topological polar surface area (TPSA) is 150 Å². The largest absolute Gasteiger partial charge is 0.444 e. The van der Waals surface area contributed by atoms with Crippen molar-refractivity contribution in [1.82, 2.24) is 15.6 Å². The quantitative estimate of drug-likeness (QED) is 0.377. The van der Waals surface area contributed by atoms with Crippen molar-refractivity contribution in [2.45, 2.75) is 43.1 Å². The number of para-hydroxylation sites is 1. The molecular weight excluding hydrogens is 532 g/mol. The van der Waals surface area contributed by atoms with Crippen LogP contribution in [0.1, 0.15) is 42.5 Å². The van der Waals surface area contributed by atoms with Crippen LogP contribution in [0.25, 0.3) is 22.2 Å². The van der Waals surface area contributed by atoms with Crippen LogP contribution in [0.5, 0.6) is 0 Å². The number of fused-ring (bicyclic) bond motifs is 1. The second-order valence-corrected chi connectivity index (χ2v) is 12.1. The highest BCUT2D eigenvalue weighted by Gasteiger charge is 2.24. The van der Waals surface area contributed by atoms with Crippen molar-refractivity contribution in [2.75, 3.05) is 26.3 Å². The van der Waals surface area contributed by atoms with Crippen molar-refractivity contribution < 1.29 is 27.5 Å². The number of ether oxygens (including phenoxy) is 2. The third kappa shape index (κ3) is 6.96. The lowest BCUT2D eigenvalue weighted by Crippen LogP contribution is -2.36. The van der Waals surface area contributed by atoms with E-state index < -0.39 is 10.0 Å². The first kappa shape index (κ1) is 28.0. The molecule has 40 heavy (non-hydrogen) atoms. The molecule has 0 spiro atoms. The zero-order valence-electron chi connectivity index (χ0n) is 22.2. The van der Waals surface area contributed by atoms with E-state index in [-0.39, 0.29) is 23.0 Å². The van der Waals surface area contributed by atoms with Gasteiger partial charge >= 0.3 is 6.09 Å². The number of carbonyl (C=O) groups excluding carboxylic acids is 2. The number of hydrogen-bond acceptors (Lipinski definition) is 7. The summed E-state index contributed by atoms with van der Waals surface area (Å²) in [5.41, 5.74) is 2.43. The Morgan fingerprint density at radius 3 is 2.27 bits per heavy atom. The number of sulfonamides is 1. The minimum absolute atomic E-state index is 0.0135. The van der Waals surface area contributed by atoms with Crippen molar-refractivity contribution in [3.63, 3.8) is 0 Å². The lowest BCUT2D eigenvalue weighted by Gasteiger charge is -2.28. The Hall–Kier alpha value is -3.54. The second-order valence-electron chi connectivity index (χ2n) is 10.5. The van der Waals surface area contributed by atoms with Gasteiger partial charge in [0.05, 0.1) is 34.9 Å². The smallest absolute Gasteiger partial charge is 0.407 e. The first-order valence-electron chi connectivity index (χ1n) is 13.6. The predicted octanol–water partition coefficient (Wildman–Crippen LogP) is 3.60. The molecule has 3 aromatic rings. The Labute approximate surface area is 233 Å². The van der Waals surface area contributed by atoms with Crippen LogP contribution >= 0.6 is 0 Å². The summed E-state index contributed by atoms with van der Waals surface area (Å²) in [6, 6.07) is 15.3. The number of primary sulfonamides is 1. The molecule has 1 saturated heterocycles. The molecule has 212 valence electrons. The Kier molecular flexibility index (Phi) is 8.63. The van der Waals surface area contributed by atoms with E-state index in [0.717, 1.165) is 37.5 Å². The van der Waals surface area contributed by atoms with Crippen molar-refractivity contribution >= 4 is 32.9 Å². The number of alkyl carbamates (subject to hydrolysis) is 1. The first-order valence-corrected chi connectivity index (χ1v) is 15.1. The van der Waals surface area contributed by atoms with Crippen LogP contribution in [0.4, 0.5) is 4.79 Å². The monoisotopic (exact) mass is 566 g/mol. The molecule has 0 radical (unpaired) electrons. The fourth-order valence-electron chi connectivity index (χ4n) is 5.33. The summed E-state index contributed by atoms with van der Waals surface area (Å²) in [5, 5.41) is 12.0. The maximum atomic E-state index is 13.3. The van der Waals surface area contributed by atoms with Crippen molar-refractivity contribution in [3.8, 4) is 11.3 Å². The summed E-state index contributed by atoms with van der Waals surface area (Å²) in [6.45, 7) is 2.26. The van der Waals surface area contributed by atoms with Gasteiger partial charge in [-0.3, -0.25) is 4.79 Å². The molecule has 1 saturated carbocycles. The van der Waals surface area contributed by atoms with Gasteiger partial charge < -0.3 is 20.1 Å². The van der Waals surface area contributed by atoms with E-state index in [1.54, 1.807) is 18.2 Å². The summed E-state index contributed by atoms with van der Waals surface area (Å²) in [7, 11) is -3.80. The fourth-order valence-corrected chi connectivity index (χ4v) is 5.84. The minimum Gasteiger partial charge on any atom is -0.444 e. The second kappa shape index (κ2) is 12.3. The van der Waals surface area contributed by atoms with Gasteiger partial charge in [0, 0.05) is 30.5 Å². The molecule has 0 bridgehead atoms. The standard InChI is InChI=1S/C29H34N4O6S/c30-40(36,37)23-11-9-21(10-12-23)27-15-25(24-3-1-2-4-26(24)33-27)28(34)31-16-19-5-7-20(8-6-19)17-32-29(35)39-22-13-14-38-18-22/h1-4,9-12,15,19-20,22H,5-8,13-14,16-18H2,(H,31,34)(H,32,35)(H2,30,36,37)/t19?,20?,22-/m0/s1. The SMILES string of the molecule is NS(=O)(=O)c1ccc(-c2cc(C(=O)NCC3CCC(CNC(=O)O[C@H]4CCOC4)CC3)c3ccccc3n2)cc1. The zero-order valence-corrected chi connectivity index (χ0v) is 23.0. The lowest BCUT2D eigenvalue weighted by atomic mass is 9.82. The van der Waals surface area contributed by atoms with Gasteiger partial charge in [-0.2, -0.15) is 0 Å². The molecular formula is C29H34N4O6S. The third-order valence-electron chi connectivity index (χ3n) is 7.65. The van der Waals surface area contributed by atoms with Gasteiger partial charge in [0.1, 0.15) is 6.10 Å². The van der Waals surface area contributed by atoms with E-state index in [4.69, 9.17) is 19.6 Å². The molecule has 2 fully saturated rings. The van der Waals surface area contributed by atoms with Crippen molar-refractivity contribution in [2.24, 2.45) is 17.0 Å². The lowest BCUT2D eigenvalue weighted by molar-refractivity contribution is 0.0813. The first-order chi connectivity index (χ1) is 19.3. The Morgan fingerprint density at radius 2 is 1.62 bits per heavy atom. The highest BCUT2D eigenvalue weighted by Crippen LogP contribution is 2.29. The number of nitrogens with zero attached hydrogens (tertiary/aromatic N) is 1. The summed E-state index contributed by atoms with van der Waals surface area (Å²) >= 11 is 0. The van der Waals surface area contributed by atoms with Crippen LogP contribution in [-0.4, -0.2) is 57.8 Å². The van der Waals surface area contributed by atoms with Gasteiger partial charge in [0.15, 0.2) is 0 Å². The van der Waals surface area contributed by atoms with Crippen molar-refractivity contribution in [3.05, 3.63) is 60.2 Å². The molecule has 11 heteroatoms. The molecule has 0 unspecified atom stereocenters. The van der Waals surface area contributed by atoms with E-state index in [1.807, 2.05) is 24.3 Å². The highest BCUT2D eigenvalue weighted by molar-refractivity contribution is 7.89. The molecule has 1 atom stereocenters. The summed E-state index contributed by atoms with van der Waals surface area (Å²) < 4.78 is 33.8. The van der Waals surface area contributed by atoms with Crippen LogP contribution in [0.3, 0.4) is 0 Å². The normalized spacial score (nSPS) is 21.2. The van der Waals surface area contributed by atoms with Crippen LogP contribution in [0, 0.1) is 11.8 Å². The van der Waals surface area contributed by atoms with E-state index in [9.17, 15) is 18.0 Å². The highest BCUT2D eigenvalue weighted by atomic mass is 32.2. The number of rotatable bonds is 8. The van der Waals surface area contributed by atoms with Crippen molar-refractivity contribution in [1.29, 1.82) is 0 Å². The van der Waals surface area contributed by atoms with Gasteiger partial charge in [-0.25, -0.2) is 23.3 Å². The average Bonchev–Trinajstić information content (AvgIpc) is 3.47. The minimum atomic E-state index is -3.80. The zero-order chi connectivity index (χ0) is 28.1. The number of hydrogen-bond donors (Lipinski definition) is 3. The van der Waals surface area contributed by atoms with E-state index in [2.05, 4.69) is 10.6 Å². The number of benzene rings is 2. The number of amides is 2.